The largest absolute Gasteiger partial charge is 0.508 e. The molecule has 0 aliphatic carbocycles. The van der Waals surface area contributed by atoms with Crippen molar-refractivity contribution in [2.24, 2.45) is 0 Å². The molecule has 5 heteroatoms. The fourth-order valence-electron chi connectivity index (χ4n) is 2.23. The second kappa shape index (κ2) is 11.7. The van der Waals surface area contributed by atoms with Crippen molar-refractivity contribution in [2.45, 2.75) is 66.6 Å². The van der Waals surface area contributed by atoms with Gasteiger partial charge in [0.1, 0.15) is 11.4 Å². The molecular weight excluding hydrogens is 318 g/mol. The molecule has 0 unspecified atom stereocenters. The molecule has 1 fully saturated rings. The molecule has 2 rings (SSSR count). The van der Waals surface area contributed by atoms with E-state index in [1.54, 1.807) is 17.0 Å². The first-order valence-electron chi connectivity index (χ1n) is 9.21. The van der Waals surface area contributed by atoms with Crippen LogP contribution in [-0.4, -0.2) is 47.5 Å². The highest BCUT2D eigenvalue weighted by molar-refractivity contribution is 5.68. The Hall–Kier alpha value is -1.75. The first kappa shape index (κ1) is 23.2. The van der Waals surface area contributed by atoms with E-state index >= 15 is 0 Å². The van der Waals surface area contributed by atoms with Gasteiger partial charge < -0.3 is 19.5 Å². The Morgan fingerprint density at radius 3 is 2.28 bits per heavy atom. The molecular formula is C20H35NO4. The van der Waals surface area contributed by atoms with E-state index in [4.69, 9.17) is 9.47 Å². The minimum Gasteiger partial charge on any atom is -0.508 e. The minimum atomic E-state index is -0.484. The summed E-state index contributed by atoms with van der Waals surface area (Å²) >= 11 is 0. The number of amides is 1. The van der Waals surface area contributed by atoms with Crippen molar-refractivity contribution in [1.29, 1.82) is 0 Å². The van der Waals surface area contributed by atoms with Crippen LogP contribution in [0.4, 0.5) is 4.79 Å². The summed E-state index contributed by atoms with van der Waals surface area (Å²) in [6.45, 7) is 15.2. The van der Waals surface area contributed by atoms with Crippen LogP contribution in [0.1, 0.15) is 54.0 Å². The number of nitrogens with zero attached hydrogens (tertiary/aromatic N) is 1. The van der Waals surface area contributed by atoms with E-state index in [-0.39, 0.29) is 17.9 Å². The third kappa shape index (κ3) is 9.34. The Bertz CT molecular complexity index is 479. The standard InChI is InChI=1S/C16H23NO4.2C2H6/c1-16(2,3)21-15(19)17-8-9-20-14(11-17)10-12-4-6-13(18)7-5-12;2*1-2/h4-7,14,18H,8-11H2,1-3H3;2*1-2H3/t14-;;/m1../s1. The lowest BCUT2D eigenvalue weighted by Crippen LogP contribution is -2.48. The van der Waals surface area contributed by atoms with Crippen LogP contribution in [0, 0.1) is 0 Å². The average Bonchev–Trinajstić information content (AvgIpc) is 2.59. The molecule has 1 aliphatic rings. The van der Waals surface area contributed by atoms with Gasteiger partial charge in [-0.25, -0.2) is 4.79 Å². The van der Waals surface area contributed by atoms with Crippen LogP contribution in [0.5, 0.6) is 5.75 Å². The third-order valence-electron chi connectivity index (χ3n) is 3.19. The molecule has 1 aromatic carbocycles. The molecule has 1 N–H and O–H groups in total. The normalized spacial score (nSPS) is 16.8. The van der Waals surface area contributed by atoms with E-state index in [0.717, 1.165) is 5.56 Å². The Labute approximate surface area is 152 Å². The number of hydrogen-bond acceptors (Lipinski definition) is 4. The minimum absolute atomic E-state index is 0.0455. The molecule has 0 radical (unpaired) electrons. The molecule has 1 aliphatic heterocycles. The monoisotopic (exact) mass is 353 g/mol. The molecule has 1 saturated heterocycles. The van der Waals surface area contributed by atoms with Gasteiger partial charge >= 0.3 is 6.09 Å². The lowest BCUT2D eigenvalue weighted by molar-refractivity contribution is -0.0415. The van der Waals surface area contributed by atoms with E-state index in [9.17, 15) is 9.90 Å². The zero-order valence-corrected chi connectivity index (χ0v) is 16.8. The van der Waals surface area contributed by atoms with Crippen molar-refractivity contribution in [2.75, 3.05) is 19.7 Å². The van der Waals surface area contributed by atoms with Crippen LogP contribution < -0.4 is 0 Å². The van der Waals surface area contributed by atoms with Gasteiger partial charge in [0.15, 0.2) is 0 Å². The Kier molecular flexibility index (Phi) is 10.9. The zero-order valence-electron chi connectivity index (χ0n) is 16.8. The predicted molar refractivity (Wildman–Crippen MR) is 102 cm³/mol. The van der Waals surface area contributed by atoms with Crippen LogP contribution in [0.3, 0.4) is 0 Å². The highest BCUT2D eigenvalue weighted by Crippen LogP contribution is 2.17. The lowest BCUT2D eigenvalue weighted by Gasteiger charge is -2.34. The summed E-state index contributed by atoms with van der Waals surface area (Å²) in [5.41, 5.74) is 0.589. The van der Waals surface area contributed by atoms with E-state index in [1.807, 2.05) is 60.6 Å². The molecule has 25 heavy (non-hydrogen) atoms. The van der Waals surface area contributed by atoms with Crippen LogP contribution >= 0.6 is 0 Å². The summed E-state index contributed by atoms with van der Waals surface area (Å²) in [4.78, 5) is 13.8. The average molecular weight is 354 g/mol. The summed E-state index contributed by atoms with van der Waals surface area (Å²) < 4.78 is 11.1. The fourth-order valence-corrected chi connectivity index (χ4v) is 2.23. The maximum Gasteiger partial charge on any atom is 0.410 e. The lowest BCUT2D eigenvalue weighted by atomic mass is 10.1. The Balaban J connectivity index is 0.00000134. The van der Waals surface area contributed by atoms with Crippen molar-refractivity contribution in [3.8, 4) is 5.75 Å². The number of phenolic OH excluding ortho intramolecular Hbond substituents is 1. The molecule has 0 aromatic heterocycles. The van der Waals surface area contributed by atoms with Crippen LogP contribution in [0.15, 0.2) is 24.3 Å². The van der Waals surface area contributed by atoms with Gasteiger partial charge in [0, 0.05) is 13.0 Å². The van der Waals surface area contributed by atoms with Crippen LogP contribution in [-0.2, 0) is 15.9 Å². The number of carbonyl (C=O) groups is 1. The SMILES string of the molecule is CC.CC.CC(C)(C)OC(=O)N1CCO[C@H](Cc2ccc(O)cc2)C1. The Morgan fingerprint density at radius 1 is 1.20 bits per heavy atom. The maximum absolute atomic E-state index is 12.1. The molecule has 0 spiro atoms. The molecule has 1 aromatic rings. The van der Waals surface area contributed by atoms with Gasteiger partial charge in [-0.05, 0) is 38.5 Å². The second-order valence-corrected chi connectivity index (χ2v) is 6.29. The predicted octanol–water partition coefficient (Wildman–Crippen LogP) is 4.62. The van der Waals surface area contributed by atoms with E-state index in [2.05, 4.69) is 0 Å². The molecule has 5 nitrogen and oxygen atoms in total. The highest BCUT2D eigenvalue weighted by atomic mass is 16.6. The van der Waals surface area contributed by atoms with Gasteiger partial charge in [0.05, 0.1) is 19.3 Å². The Morgan fingerprint density at radius 2 is 1.76 bits per heavy atom. The second-order valence-electron chi connectivity index (χ2n) is 6.29. The number of benzene rings is 1. The third-order valence-corrected chi connectivity index (χ3v) is 3.19. The molecule has 1 atom stereocenters. The summed E-state index contributed by atoms with van der Waals surface area (Å²) in [5.74, 6) is 0.249. The van der Waals surface area contributed by atoms with Gasteiger partial charge in [0.25, 0.3) is 0 Å². The van der Waals surface area contributed by atoms with Crippen molar-refractivity contribution < 1.29 is 19.4 Å². The summed E-state index contributed by atoms with van der Waals surface area (Å²) in [5, 5.41) is 9.28. The van der Waals surface area contributed by atoms with Gasteiger partial charge in [-0.1, -0.05) is 39.8 Å². The number of hydrogen-bond donors (Lipinski definition) is 1. The van der Waals surface area contributed by atoms with Crippen molar-refractivity contribution >= 4 is 6.09 Å². The van der Waals surface area contributed by atoms with Gasteiger partial charge in [-0.2, -0.15) is 0 Å². The number of rotatable bonds is 2. The molecule has 1 amide bonds. The molecule has 1 heterocycles. The van der Waals surface area contributed by atoms with Crippen molar-refractivity contribution in [3.63, 3.8) is 0 Å². The van der Waals surface area contributed by atoms with Gasteiger partial charge in [-0.3, -0.25) is 0 Å². The molecule has 0 bridgehead atoms. The van der Waals surface area contributed by atoms with Crippen molar-refractivity contribution in [3.05, 3.63) is 29.8 Å². The maximum atomic E-state index is 12.1. The van der Waals surface area contributed by atoms with Gasteiger partial charge in [-0.15, -0.1) is 0 Å². The highest BCUT2D eigenvalue weighted by Gasteiger charge is 2.28. The zero-order chi connectivity index (χ0) is 19.5. The first-order valence-corrected chi connectivity index (χ1v) is 9.21. The first-order chi connectivity index (χ1) is 11.8. The number of phenols is 1. The fraction of sp³-hybridized carbons (Fsp3) is 0.650. The smallest absolute Gasteiger partial charge is 0.410 e. The quantitative estimate of drug-likeness (QED) is 0.842. The molecule has 144 valence electrons. The van der Waals surface area contributed by atoms with E-state index < -0.39 is 5.60 Å². The summed E-state index contributed by atoms with van der Waals surface area (Å²) in [6, 6.07) is 7.05. The number of carbonyl (C=O) groups excluding carboxylic acids is 1. The van der Waals surface area contributed by atoms with Crippen molar-refractivity contribution in [1.82, 2.24) is 4.90 Å². The topological polar surface area (TPSA) is 59.0 Å². The van der Waals surface area contributed by atoms with Crippen LogP contribution in [0.2, 0.25) is 0 Å². The summed E-state index contributed by atoms with van der Waals surface area (Å²) in [7, 11) is 0. The van der Waals surface area contributed by atoms with Gasteiger partial charge in [0.2, 0.25) is 0 Å². The van der Waals surface area contributed by atoms with E-state index in [0.29, 0.717) is 26.1 Å². The molecule has 0 saturated carbocycles. The van der Waals surface area contributed by atoms with Crippen LogP contribution in [0.25, 0.3) is 0 Å². The number of ether oxygens (including phenoxy) is 2. The van der Waals surface area contributed by atoms with E-state index in [1.165, 1.54) is 0 Å². The number of aromatic hydroxyl groups is 1. The number of morpholine rings is 1. The summed E-state index contributed by atoms with van der Waals surface area (Å²) in [6.07, 6.45) is 0.372.